The number of anilines is 1. The van der Waals surface area contributed by atoms with Gasteiger partial charge in [0.1, 0.15) is 4.83 Å². The molecule has 3 aromatic rings. The van der Waals surface area contributed by atoms with Crippen molar-refractivity contribution in [3.63, 3.8) is 0 Å². The summed E-state index contributed by atoms with van der Waals surface area (Å²) < 4.78 is 0. The first-order valence-electron chi connectivity index (χ1n) is 11.8. The summed E-state index contributed by atoms with van der Waals surface area (Å²) in [5, 5.41) is 4.47. The molecule has 1 saturated heterocycles. The molecule has 8 heteroatoms. The lowest BCUT2D eigenvalue weighted by atomic mass is 9.98. The van der Waals surface area contributed by atoms with E-state index < -0.39 is 0 Å². The fraction of sp³-hybridized carbons (Fsp3) is 0.480. The van der Waals surface area contributed by atoms with Gasteiger partial charge in [0.05, 0.1) is 10.6 Å². The standard InChI is InChI=1S/C23H28ClN5OS.C2H6/c1-3-26-21(30)19-13-17-20(27-23(25)28-22(17)31-19)16-12-15(18(24)11-14(16)2)7-6-10-29-8-4-5-9-29;1-2/h11-13H,3-10H2,1-2H3,(H,26,30)(H2,25,27,28);1-2H3. The number of aromatic nitrogens is 2. The van der Waals surface area contributed by atoms with E-state index in [2.05, 4.69) is 26.3 Å². The van der Waals surface area contributed by atoms with E-state index in [1.165, 1.54) is 37.3 Å². The highest BCUT2D eigenvalue weighted by molar-refractivity contribution is 7.20. The molecule has 0 saturated carbocycles. The molecule has 178 valence electrons. The van der Waals surface area contributed by atoms with E-state index in [4.69, 9.17) is 17.3 Å². The molecule has 1 aliphatic rings. The van der Waals surface area contributed by atoms with Crippen molar-refractivity contribution in [3.8, 4) is 11.3 Å². The quantitative estimate of drug-likeness (QED) is 0.446. The summed E-state index contributed by atoms with van der Waals surface area (Å²) in [6.45, 7) is 12.0. The van der Waals surface area contributed by atoms with Gasteiger partial charge in [-0.1, -0.05) is 25.4 Å². The average molecular weight is 488 g/mol. The zero-order chi connectivity index (χ0) is 24.0. The number of rotatable bonds is 7. The maximum Gasteiger partial charge on any atom is 0.261 e. The second kappa shape index (κ2) is 11.8. The van der Waals surface area contributed by atoms with Gasteiger partial charge in [-0.2, -0.15) is 0 Å². The number of likely N-dealkylation sites (tertiary alicyclic amines) is 1. The Kier molecular flexibility index (Phi) is 9.06. The first-order chi connectivity index (χ1) is 16.0. The monoisotopic (exact) mass is 487 g/mol. The largest absolute Gasteiger partial charge is 0.368 e. The summed E-state index contributed by atoms with van der Waals surface area (Å²) >= 11 is 7.93. The van der Waals surface area contributed by atoms with Crippen LogP contribution in [0.4, 0.5) is 5.95 Å². The third kappa shape index (κ3) is 6.02. The van der Waals surface area contributed by atoms with Gasteiger partial charge in [-0.25, -0.2) is 9.97 Å². The van der Waals surface area contributed by atoms with Crippen molar-refractivity contribution in [1.29, 1.82) is 0 Å². The highest BCUT2D eigenvalue weighted by atomic mass is 35.5. The Labute approximate surface area is 205 Å². The minimum Gasteiger partial charge on any atom is -0.368 e. The van der Waals surface area contributed by atoms with Gasteiger partial charge in [0.2, 0.25) is 5.95 Å². The molecule has 1 fully saturated rings. The van der Waals surface area contributed by atoms with Crippen molar-refractivity contribution in [1.82, 2.24) is 20.2 Å². The maximum absolute atomic E-state index is 12.3. The molecule has 1 amide bonds. The van der Waals surface area contributed by atoms with Crippen LogP contribution in [-0.4, -0.2) is 47.0 Å². The molecule has 0 aliphatic carbocycles. The van der Waals surface area contributed by atoms with Crippen LogP contribution in [0, 0.1) is 6.92 Å². The third-order valence-corrected chi connectivity index (χ3v) is 7.12. The van der Waals surface area contributed by atoms with Crippen LogP contribution in [0.1, 0.15) is 60.8 Å². The van der Waals surface area contributed by atoms with Gasteiger partial charge in [-0.3, -0.25) is 4.79 Å². The van der Waals surface area contributed by atoms with E-state index in [9.17, 15) is 4.79 Å². The number of nitrogens with one attached hydrogen (secondary N) is 1. The Bertz CT molecular complexity index is 1110. The fourth-order valence-electron chi connectivity index (χ4n) is 4.17. The Morgan fingerprint density at radius 2 is 1.94 bits per heavy atom. The molecule has 2 aromatic heterocycles. The summed E-state index contributed by atoms with van der Waals surface area (Å²) in [6, 6.07) is 6.00. The van der Waals surface area contributed by atoms with E-state index in [0.29, 0.717) is 16.3 Å². The number of halogens is 1. The Morgan fingerprint density at radius 3 is 2.64 bits per heavy atom. The molecule has 0 unspecified atom stereocenters. The minimum absolute atomic E-state index is 0.106. The van der Waals surface area contributed by atoms with Gasteiger partial charge >= 0.3 is 0 Å². The van der Waals surface area contributed by atoms with Gasteiger partial charge in [0.15, 0.2) is 0 Å². The van der Waals surface area contributed by atoms with Crippen LogP contribution in [0.15, 0.2) is 18.2 Å². The molecule has 0 bridgehead atoms. The second-order valence-corrected chi connectivity index (χ2v) is 9.47. The molecule has 0 atom stereocenters. The number of hydrogen-bond donors (Lipinski definition) is 2. The summed E-state index contributed by atoms with van der Waals surface area (Å²) in [5.41, 5.74) is 9.91. The second-order valence-electron chi connectivity index (χ2n) is 8.03. The van der Waals surface area contributed by atoms with Crippen molar-refractivity contribution in [2.45, 2.75) is 53.4 Å². The number of hydrogen-bond acceptors (Lipinski definition) is 6. The molecule has 3 N–H and O–H groups in total. The van der Waals surface area contributed by atoms with E-state index >= 15 is 0 Å². The van der Waals surface area contributed by atoms with Crippen LogP contribution in [0.2, 0.25) is 5.02 Å². The van der Waals surface area contributed by atoms with Crippen molar-refractivity contribution < 1.29 is 4.79 Å². The number of carbonyl (C=O) groups is 1. The number of benzene rings is 1. The molecule has 33 heavy (non-hydrogen) atoms. The summed E-state index contributed by atoms with van der Waals surface area (Å²) in [4.78, 5) is 25.1. The van der Waals surface area contributed by atoms with Crippen LogP contribution in [0.3, 0.4) is 0 Å². The zero-order valence-electron chi connectivity index (χ0n) is 20.0. The first-order valence-corrected chi connectivity index (χ1v) is 13.0. The Hall–Kier alpha value is -2.22. The molecule has 6 nitrogen and oxygen atoms in total. The van der Waals surface area contributed by atoms with Gasteiger partial charge in [-0.15, -0.1) is 11.3 Å². The topological polar surface area (TPSA) is 84.1 Å². The number of nitrogens with two attached hydrogens (primary N) is 1. The molecule has 0 radical (unpaired) electrons. The lowest BCUT2D eigenvalue weighted by Gasteiger charge is -2.16. The Morgan fingerprint density at radius 1 is 1.21 bits per heavy atom. The molecular weight excluding hydrogens is 454 g/mol. The highest BCUT2D eigenvalue weighted by Gasteiger charge is 2.18. The van der Waals surface area contributed by atoms with Crippen LogP contribution in [0.5, 0.6) is 0 Å². The molecule has 1 aliphatic heterocycles. The number of nitrogen functional groups attached to an aromatic ring is 1. The summed E-state index contributed by atoms with van der Waals surface area (Å²) in [6.07, 6.45) is 4.60. The number of nitrogens with zero attached hydrogens (tertiary/aromatic N) is 3. The minimum atomic E-state index is -0.106. The maximum atomic E-state index is 12.3. The van der Waals surface area contributed by atoms with Crippen LogP contribution >= 0.6 is 22.9 Å². The number of amides is 1. The molecule has 4 rings (SSSR count). The number of thiophene rings is 1. The van der Waals surface area contributed by atoms with E-state index in [0.717, 1.165) is 52.2 Å². The number of aryl methyl sites for hydroxylation is 2. The predicted molar refractivity (Wildman–Crippen MR) is 140 cm³/mol. The molecular formula is C25H34ClN5OS. The third-order valence-electron chi connectivity index (χ3n) is 5.74. The summed E-state index contributed by atoms with van der Waals surface area (Å²) in [5.74, 6) is 0.0992. The first kappa shape index (κ1) is 25.4. The van der Waals surface area contributed by atoms with Crippen LogP contribution in [-0.2, 0) is 6.42 Å². The number of fused-ring (bicyclic) bond motifs is 1. The van der Waals surface area contributed by atoms with Crippen LogP contribution < -0.4 is 11.1 Å². The van der Waals surface area contributed by atoms with Crippen molar-refractivity contribution in [2.24, 2.45) is 0 Å². The highest BCUT2D eigenvalue weighted by Crippen LogP contribution is 2.36. The van der Waals surface area contributed by atoms with Gasteiger partial charge in [-0.05, 0) is 88.5 Å². The van der Waals surface area contributed by atoms with E-state index in [1.807, 2.05) is 39.8 Å². The lowest BCUT2D eigenvalue weighted by molar-refractivity contribution is 0.0960. The fourth-order valence-corrected chi connectivity index (χ4v) is 5.43. The van der Waals surface area contributed by atoms with Crippen molar-refractivity contribution in [2.75, 3.05) is 31.9 Å². The normalized spacial score (nSPS) is 13.7. The SMILES string of the molecule is CC.CCNC(=O)c1cc2c(-c3cc(CCCN4CCCC4)c(Cl)cc3C)nc(N)nc2s1. The van der Waals surface area contributed by atoms with E-state index in [-0.39, 0.29) is 11.9 Å². The molecule has 0 spiro atoms. The van der Waals surface area contributed by atoms with Gasteiger partial charge in [0.25, 0.3) is 5.91 Å². The summed E-state index contributed by atoms with van der Waals surface area (Å²) in [7, 11) is 0. The van der Waals surface area contributed by atoms with Crippen LogP contribution in [0.25, 0.3) is 21.5 Å². The van der Waals surface area contributed by atoms with Crippen molar-refractivity contribution >= 4 is 45.0 Å². The average Bonchev–Trinajstić information content (AvgIpc) is 3.46. The smallest absolute Gasteiger partial charge is 0.261 e. The van der Waals surface area contributed by atoms with Gasteiger partial charge < -0.3 is 16.0 Å². The zero-order valence-corrected chi connectivity index (χ0v) is 21.6. The predicted octanol–water partition coefficient (Wildman–Crippen LogP) is 5.71. The van der Waals surface area contributed by atoms with Gasteiger partial charge in [0, 0.05) is 22.5 Å². The lowest BCUT2D eigenvalue weighted by Crippen LogP contribution is -2.21. The molecule has 1 aromatic carbocycles. The van der Waals surface area contributed by atoms with Crippen molar-refractivity contribution in [3.05, 3.63) is 39.2 Å². The van der Waals surface area contributed by atoms with E-state index in [1.54, 1.807) is 0 Å². The number of carbonyl (C=O) groups excluding carboxylic acids is 1. The Balaban J connectivity index is 0.00000149. The molecule has 3 heterocycles.